The number of aldehydes is 1. The van der Waals surface area contributed by atoms with Gasteiger partial charge in [-0.25, -0.2) is 8.78 Å². The van der Waals surface area contributed by atoms with Crippen molar-refractivity contribution in [3.63, 3.8) is 0 Å². The molecule has 3 nitrogen and oxygen atoms in total. The summed E-state index contributed by atoms with van der Waals surface area (Å²) in [5, 5.41) is 0. The zero-order valence-electron chi connectivity index (χ0n) is 7.75. The summed E-state index contributed by atoms with van der Waals surface area (Å²) < 4.78 is 29.6. The second-order valence-corrected chi connectivity index (χ2v) is 2.67. The molecule has 0 aliphatic carbocycles. The van der Waals surface area contributed by atoms with Crippen molar-refractivity contribution in [1.82, 2.24) is 4.98 Å². The van der Waals surface area contributed by atoms with Crippen molar-refractivity contribution < 1.29 is 18.3 Å². The van der Waals surface area contributed by atoms with E-state index in [2.05, 4.69) is 4.98 Å². The summed E-state index contributed by atoms with van der Waals surface area (Å²) in [7, 11) is 1.39. The lowest BCUT2D eigenvalue weighted by molar-refractivity contribution is 0.110. The van der Waals surface area contributed by atoms with Gasteiger partial charge in [-0.05, 0) is 6.92 Å². The number of aromatic nitrogens is 1. The molecule has 0 atom stereocenters. The van der Waals surface area contributed by atoms with Crippen LogP contribution in [0.2, 0.25) is 0 Å². The number of hydrogen-bond acceptors (Lipinski definition) is 3. The molecule has 0 spiro atoms. The van der Waals surface area contributed by atoms with E-state index in [1.165, 1.54) is 20.2 Å². The van der Waals surface area contributed by atoms with Gasteiger partial charge in [-0.1, -0.05) is 0 Å². The van der Waals surface area contributed by atoms with Gasteiger partial charge in [0, 0.05) is 11.1 Å². The number of rotatable bonds is 3. The Morgan fingerprint density at radius 2 is 2.21 bits per heavy atom. The van der Waals surface area contributed by atoms with E-state index in [4.69, 9.17) is 4.74 Å². The molecule has 1 heterocycles. The molecule has 5 heteroatoms. The SMILES string of the molecule is COc1cnc(C(F)F)c(C=O)c1C. The van der Waals surface area contributed by atoms with Gasteiger partial charge >= 0.3 is 0 Å². The van der Waals surface area contributed by atoms with Gasteiger partial charge in [-0.3, -0.25) is 9.78 Å². The van der Waals surface area contributed by atoms with Crippen LogP contribution in [-0.4, -0.2) is 18.4 Å². The molecule has 1 aromatic rings. The van der Waals surface area contributed by atoms with Crippen molar-refractivity contribution in [3.05, 3.63) is 23.0 Å². The minimum Gasteiger partial charge on any atom is -0.495 e. The second kappa shape index (κ2) is 4.13. The molecular weight excluding hydrogens is 192 g/mol. The highest BCUT2D eigenvalue weighted by Gasteiger charge is 2.18. The number of halogens is 2. The third-order valence-corrected chi connectivity index (χ3v) is 1.91. The minimum atomic E-state index is -2.75. The van der Waals surface area contributed by atoms with Gasteiger partial charge in [-0.2, -0.15) is 0 Å². The van der Waals surface area contributed by atoms with Gasteiger partial charge in [0.05, 0.1) is 13.3 Å². The molecular formula is C9H9F2NO2. The molecule has 0 amide bonds. The van der Waals surface area contributed by atoms with Crippen molar-refractivity contribution in [2.24, 2.45) is 0 Å². The summed E-state index contributed by atoms with van der Waals surface area (Å²) >= 11 is 0. The first-order chi connectivity index (χ1) is 6.61. The molecule has 0 radical (unpaired) electrons. The lowest BCUT2D eigenvalue weighted by atomic mass is 10.1. The Hall–Kier alpha value is -1.52. The molecule has 0 aliphatic rings. The summed E-state index contributed by atoms with van der Waals surface area (Å²) in [6.45, 7) is 1.54. The molecule has 0 fully saturated rings. The molecule has 1 aromatic heterocycles. The first kappa shape index (κ1) is 10.6. The zero-order chi connectivity index (χ0) is 10.7. The van der Waals surface area contributed by atoms with E-state index in [0.29, 0.717) is 17.6 Å². The Kier molecular flexibility index (Phi) is 3.11. The van der Waals surface area contributed by atoms with Crippen molar-refractivity contribution in [2.45, 2.75) is 13.3 Å². The molecule has 0 saturated carbocycles. The van der Waals surface area contributed by atoms with Crippen LogP contribution in [0.5, 0.6) is 5.75 Å². The number of hydrogen-bond donors (Lipinski definition) is 0. The molecule has 1 rings (SSSR count). The number of ether oxygens (including phenoxy) is 1. The van der Waals surface area contributed by atoms with Gasteiger partial charge in [0.2, 0.25) is 0 Å². The maximum atomic E-state index is 12.4. The Balaban J connectivity index is 3.35. The summed E-state index contributed by atoms with van der Waals surface area (Å²) in [4.78, 5) is 14.1. The highest BCUT2D eigenvalue weighted by molar-refractivity contribution is 5.80. The molecule has 0 aromatic carbocycles. The molecule has 0 bridgehead atoms. The third-order valence-electron chi connectivity index (χ3n) is 1.91. The van der Waals surface area contributed by atoms with Crippen molar-refractivity contribution in [2.75, 3.05) is 7.11 Å². The van der Waals surface area contributed by atoms with Gasteiger partial charge in [-0.15, -0.1) is 0 Å². The average Bonchev–Trinajstić information content (AvgIpc) is 2.17. The van der Waals surface area contributed by atoms with Gasteiger partial charge in [0.1, 0.15) is 11.4 Å². The number of methoxy groups -OCH3 is 1. The van der Waals surface area contributed by atoms with E-state index in [9.17, 15) is 13.6 Å². The lowest BCUT2D eigenvalue weighted by Crippen LogP contribution is -2.02. The molecule has 0 N–H and O–H groups in total. The maximum Gasteiger partial charge on any atom is 0.281 e. The maximum absolute atomic E-state index is 12.4. The van der Waals surface area contributed by atoms with Gasteiger partial charge in [0.25, 0.3) is 6.43 Å². The minimum absolute atomic E-state index is 0.0978. The van der Waals surface area contributed by atoms with Gasteiger partial charge in [0.15, 0.2) is 6.29 Å². The number of pyridine rings is 1. The van der Waals surface area contributed by atoms with Crippen LogP contribution in [0.15, 0.2) is 6.20 Å². The molecule has 0 aliphatic heterocycles. The van der Waals surface area contributed by atoms with E-state index < -0.39 is 12.1 Å². The van der Waals surface area contributed by atoms with Crippen LogP contribution in [-0.2, 0) is 0 Å². The normalized spacial score (nSPS) is 10.4. The average molecular weight is 201 g/mol. The Labute approximate surface area is 79.7 Å². The first-order valence-corrected chi connectivity index (χ1v) is 3.88. The predicted octanol–water partition coefficient (Wildman–Crippen LogP) is 2.15. The summed E-state index contributed by atoms with van der Waals surface area (Å²) in [5.74, 6) is 0.330. The number of alkyl halides is 2. The largest absolute Gasteiger partial charge is 0.495 e. The summed E-state index contributed by atoms with van der Waals surface area (Å²) in [6.07, 6.45) is -1.20. The Morgan fingerprint density at radius 1 is 1.57 bits per heavy atom. The predicted molar refractivity (Wildman–Crippen MR) is 45.9 cm³/mol. The Morgan fingerprint density at radius 3 is 2.64 bits per heavy atom. The van der Waals surface area contributed by atoms with Crippen LogP contribution in [0.4, 0.5) is 8.78 Å². The van der Waals surface area contributed by atoms with E-state index >= 15 is 0 Å². The third kappa shape index (κ3) is 1.71. The highest BCUT2D eigenvalue weighted by atomic mass is 19.3. The molecule has 0 saturated heterocycles. The standard InChI is InChI=1S/C9H9F2NO2/c1-5-6(4-13)8(9(10)11)12-3-7(5)14-2/h3-4,9H,1-2H3. The van der Waals surface area contributed by atoms with E-state index in [1.807, 2.05) is 0 Å². The second-order valence-electron chi connectivity index (χ2n) is 2.67. The highest BCUT2D eigenvalue weighted by Crippen LogP contribution is 2.27. The number of carbonyl (C=O) groups is 1. The number of carbonyl (C=O) groups excluding carboxylic acids is 1. The summed E-state index contributed by atoms with van der Waals surface area (Å²) in [6, 6.07) is 0. The van der Waals surface area contributed by atoms with Crippen LogP contribution in [0.3, 0.4) is 0 Å². The van der Waals surface area contributed by atoms with Crippen molar-refractivity contribution in [3.8, 4) is 5.75 Å². The molecule has 14 heavy (non-hydrogen) atoms. The fraction of sp³-hybridized carbons (Fsp3) is 0.333. The first-order valence-electron chi connectivity index (χ1n) is 3.88. The van der Waals surface area contributed by atoms with Crippen LogP contribution in [0.1, 0.15) is 28.0 Å². The van der Waals surface area contributed by atoms with Gasteiger partial charge < -0.3 is 4.74 Å². The van der Waals surface area contributed by atoms with Crippen LogP contribution < -0.4 is 4.74 Å². The van der Waals surface area contributed by atoms with Crippen LogP contribution in [0, 0.1) is 6.92 Å². The molecule has 76 valence electrons. The van der Waals surface area contributed by atoms with E-state index in [1.54, 1.807) is 0 Å². The fourth-order valence-electron chi connectivity index (χ4n) is 1.15. The van der Waals surface area contributed by atoms with Crippen LogP contribution >= 0.6 is 0 Å². The zero-order valence-corrected chi connectivity index (χ0v) is 7.75. The fourth-order valence-corrected chi connectivity index (χ4v) is 1.15. The lowest BCUT2D eigenvalue weighted by Gasteiger charge is -2.09. The quantitative estimate of drug-likeness (QED) is 0.703. The Bertz CT molecular complexity index is 353. The van der Waals surface area contributed by atoms with Crippen LogP contribution in [0.25, 0.3) is 0 Å². The van der Waals surface area contributed by atoms with E-state index in [0.717, 1.165) is 0 Å². The number of nitrogens with zero attached hydrogens (tertiary/aromatic N) is 1. The monoisotopic (exact) mass is 201 g/mol. The summed E-state index contributed by atoms with van der Waals surface area (Å²) in [5.41, 5.74) is -0.217. The van der Waals surface area contributed by atoms with Crippen molar-refractivity contribution in [1.29, 1.82) is 0 Å². The smallest absolute Gasteiger partial charge is 0.281 e. The molecule has 0 unspecified atom stereocenters. The van der Waals surface area contributed by atoms with E-state index in [-0.39, 0.29) is 5.56 Å². The van der Waals surface area contributed by atoms with Crippen molar-refractivity contribution >= 4 is 6.29 Å². The topological polar surface area (TPSA) is 39.2 Å².